The second-order valence-electron chi connectivity index (χ2n) is 9.92. The van der Waals surface area contributed by atoms with E-state index < -0.39 is 0 Å². The molecule has 0 radical (unpaired) electrons. The Morgan fingerprint density at radius 3 is 0.868 bits per heavy atom. The van der Waals surface area contributed by atoms with Crippen molar-refractivity contribution in [2.75, 3.05) is 28.4 Å². The van der Waals surface area contributed by atoms with Gasteiger partial charge in [-0.3, -0.25) is 0 Å². The van der Waals surface area contributed by atoms with E-state index in [9.17, 15) is 0 Å². The third kappa shape index (κ3) is 9.63. The van der Waals surface area contributed by atoms with Gasteiger partial charge in [0.2, 0.25) is 0 Å². The third-order valence-electron chi connectivity index (χ3n) is 6.21. The van der Waals surface area contributed by atoms with Crippen molar-refractivity contribution in [3.05, 3.63) is 82.4 Å². The van der Waals surface area contributed by atoms with Crippen LogP contribution in [0.3, 0.4) is 0 Å². The first-order valence-corrected chi connectivity index (χ1v) is 13.0. The molecule has 0 N–H and O–H groups in total. The van der Waals surface area contributed by atoms with Crippen molar-refractivity contribution in [3.8, 4) is 23.0 Å². The lowest BCUT2D eigenvalue weighted by molar-refractivity contribution is 0.382. The lowest BCUT2D eigenvalue weighted by atomic mass is 9.97. The van der Waals surface area contributed by atoms with Crippen molar-refractivity contribution >= 4 is 0 Å². The van der Waals surface area contributed by atoms with Crippen molar-refractivity contribution in [3.63, 3.8) is 0 Å². The van der Waals surface area contributed by atoms with Gasteiger partial charge in [-0.05, 0) is 78.1 Å². The third-order valence-corrected chi connectivity index (χ3v) is 6.21. The zero-order valence-electron chi connectivity index (χ0n) is 25.1. The Morgan fingerprint density at radius 1 is 0.421 bits per heavy atom. The summed E-state index contributed by atoms with van der Waals surface area (Å²) in [6.45, 7) is 17.2. The van der Waals surface area contributed by atoms with E-state index in [0.29, 0.717) is 17.8 Å². The predicted molar refractivity (Wildman–Crippen MR) is 164 cm³/mol. The fourth-order valence-corrected chi connectivity index (χ4v) is 4.59. The summed E-state index contributed by atoms with van der Waals surface area (Å²) in [5.41, 5.74) is 6.39. The first-order chi connectivity index (χ1) is 17.5. The molecule has 0 heterocycles. The van der Waals surface area contributed by atoms with E-state index in [4.69, 9.17) is 18.9 Å². The molecule has 0 fully saturated rings. The van der Waals surface area contributed by atoms with E-state index in [1.54, 1.807) is 28.4 Å². The van der Waals surface area contributed by atoms with Crippen molar-refractivity contribution in [1.29, 1.82) is 0 Å². The van der Waals surface area contributed by atoms with Gasteiger partial charge in [0, 0.05) is 5.56 Å². The zero-order chi connectivity index (χ0) is 28.1. The van der Waals surface area contributed by atoms with Crippen molar-refractivity contribution in [1.82, 2.24) is 0 Å². The average molecular weight is 525 g/mol. The van der Waals surface area contributed by atoms with Crippen LogP contribution in [0.2, 0.25) is 0 Å². The Balaban J connectivity index is 0.000000534. The number of hydrogen-bond acceptors (Lipinski definition) is 4. The van der Waals surface area contributed by atoms with Crippen LogP contribution in [0.1, 0.15) is 94.5 Å². The normalized spacial score (nSPS) is 10.1. The molecule has 3 aromatic rings. The first kappa shape index (κ1) is 34.9. The summed E-state index contributed by atoms with van der Waals surface area (Å²) in [5, 5.41) is 0. The van der Waals surface area contributed by atoms with Crippen molar-refractivity contribution in [2.24, 2.45) is 0 Å². The SMILES string of the molecule is C.COc1cccc(C)c1C(C)C.COc1cccc(C)c1C(C)C.COc1cccc(OC)c1C(C)C. The second kappa shape index (κ2) is 17.4. The molecule has 212 valence electrons. The number of ether oxygens (including phenoxy) is 4. The van der Waals surface area contributed by atoms with E-state index >= 15 is 0 Å². The molecule has 0 aliphatic carbocycles. The molecule has 0 aromatic heterocycles. The van der Waals surface area contributed by atoms with Gasteiger partial charge in [-0.25, -0.2) is 0 Å². The molecule has 3 aromatic carbocycles. The van der Waals surface area contributed by atoms with Gasteiger partial charge in [-0.15, -0.1) is 0 Å². The summed E-state index contributed by atoms with van der Waals surface area (Å²) in [7, 11) is 6.81. The summed E-state index contributed by atoms with van der Waals surface area (Å²) in [5.74, 6) is 5.27. The highest BCUT2D eigenvalue weighted by Crippen LogP contribution is 2.34. The molecule has 4 heteroatoms. The van der Waals surface area contributed by atoms with Gasteiger partial charge in [0.25, 0.3) is 0 Å². The molecule has 4 nitrogen and oxygen atoms in total. The van der Waals surface area contributed by atoms with Crippen LogP contribution in [0.5, 0.6) is 23.0 Å². The maximum atomic E-state index is 5.29. The largest absolute Gasteiger partial charge is 0.496 e. The molecule has 3 rings (SSSR count). The summed E-state index contributed by atoms with van der Waals surface area (Å²) < 4.78 is 21.1. The maximum Gasteiger partial charge on any atom is 0.126 e. The van der Waals surface area contributed by atoms with Crippen LogP contribution < -0.4 is 18.9 Å². The van der Waals surface area contributed by atoms with Crippen LogP contribution in [0.15, 0.2) is 54.6 Å². The number of methoxy groups -OCH3 is 4. The Hall–Kier alpha value is -3.14. The zero-order valence-corrected chi connectivity index (χ0v) is 25.1. The maximum absolute atomic E-state index is 5.29. The van der Waals surface area contributed by atoms with Crippen LogP contribution >= 0.6 is 0 Å². The van der Waals surface area contributed by atoms with E-state index in [-0.39, 0.29) is 7.43 Å². The summed E-state index contributed by atoms with van der Waals surface area (Å²) in [4.78, 5) is 0. The van der Waals surface area contributed by atoms with Gasteiger partial charge in [0.05, 0.1) is 28.4 Å². The van der Waals surface area contributed by atoms with E-state index in [1.807, 2.05) is 42.5 Å². The highest BCUT2D eigenvalue weighted by atomic mass is 16.5. The monoisotopic (exact) mass is 524 g/mol. The predicted octanol–water partition coefficient (Wildman–Crippen LogP) is 9.72. The fraction of sp³-hybridized carbons (Fsp3) is 0.471. The molecule has 0 bridgehead atoms. The van der Waals surface area contributed by atoms with E-state index in [1.165, 1.54) is 22.3 Å². The molecule has 0 aliphatic rings. The first-order valence-electron chi connectivity index (χ1n) is 13.0. The van der Waals surface area contributed by atoms with Crippen molar-refractivity contribution in [2.45, 2.75) is 80.6 Å². The van der Waals surface area contributed by atoms with Gasteiger partial charge in [0.15, 0.2) is 0 Å². The second-order valence-corrected chi connectivity index (χ2v) is 9.92. The Labute approximate surface area is 233 Å². The summed E-state index contributed by atoms with van der Waals surface area (Å²) in [6.07, 6.45) is 0. The summed E-state index contributed by atoms with van der Waals surface area (Å²) >= 11 is 0. The Bertz CT molecular complexity index is 1000. The number of aryl methyl sites for hydroxylation is 2. The Morgan fingerprint density at radius 2 is 0.658 bits per heavy atom. The highest BCUT2D eigenvalue weighted by Gasteiger charge is 2.12. The van der Waals surface area contributed by atoms with Gasteiger partial charge in [0.1, 0.15) is 23.0 Å². The molecule has 38 heavy (non-hydrogen) atoms. The molecule has 0 saturated heterocycles. The fourth-order valence-electron chi connectivity index (χ4n) is 4.59. The smallest absolute Gasteiger partial charge is 0.126 e. The standard InChI is InChI=1S/C11H16O2.2C11H16O.CH4/c1-8(2)11-9(12-3)6-5-7-10(11)13-4;2*1-8(2)11-9(3)6-5-7-10(11)12-4;/h5-8H,1-4H3;2*5-8H,1-4H3;1H4. The highest BCUT2D eigenvalue weighted by molar-refractivity contribution is 5.46. The molecular formula is C34H52O4. The molecule has 0 spiro atoms. The quantitative estimate of drug-likeness (QED) is 0.308. The van der Waals surface area contributed by atoms with E-state index in [2.05, 4.69) is 67.5 Å². The van der Waals surface area contributed by atoms with E-state index in [0.717, 1.165) is 28.6 Å². The van der Waals surface area contributed by atoms with Crippen LogP contribution in [-0.2, 0) is 0 Å². The van der Waals surface area contributed by atoms with Crippen LogP contribution in [0.25, 0.3) is 0 Å². The summed E-state index contributed by atoms with van der Waals surface area (Å²) in [6, 6.07) is 18.2. The average Bonchev–Trinajstić information content (AvgIpc) is 2.87. The van der Waals surface area contributed by atoms with Crippen molar-refractivity contribution < 1.29 is 18.9 Å². The minimum Gasteiger partial charge on any atom is -0.496 e. The number of rotatable bonds is 7. The molecule has 0 aliphatic heterocycles. The molecule has 0 saturated carbocycles. The molecule has 0 atom stereocenters. The minimum atomic E-state index is 0. The van der Waals surface area contributed by atoms with Gasteiger partial charge in [-0.1, -0.05) is 79.3 Å². The van der Waals surface area contributed by atoms with Crippen LogP contribution in [-0.4, -0.2) is 28.4 Å². The van der Waals surface area contributed by atoms with Crippen LogP contribution in [0, 0.1) is 13.8 Å². The topological polar surface area (TPSA) is 36.9 Å². The molecule has 0 amide bonds. The van der Waals surface area contributed by atoms with Gasteiger partial charge >= 0.3 is 0 Å². The van der Waals surface area contributed by atoms with Gasteiger partial charge in [-0.2, -0.15) is 0 Å². The number of benzene rings is 3. The lowest BCUT2D eigenvalue weighted by Gasteiger charge is -2.15. The minimum absolute atomic E-state index is 0. The number of hydrogen-bond donors (Lipinski definition) is 0. The van der Waals surface area contributed by atoms with Crippen LogP contribution in [0.4, 0.5) is 0 Å². The lowest BCUT2D eigenvalue weighted by Crippen LogP contribution is -1.98. The Kier molecular flexibility index (Phi) is 15.9. The molecule has 0 unspecified atom stereocenters. The molecular weight excluding hydrogens is 472 g/mol. The van der Waals surface area contributed by atoms with Gasteiger partial charge < -0.3 is 18.9 Å².